The van der Waals surface area contributed by atoms with Gasteiger partial charge in [0, 0.05) is 12.6 Å². The summed E-state index contributed by atoms with van der Waals surface area (Å²) >= 11 is 0. The summed E-state index contributed by atoms with van der Waals surface area (Å²) in [5, 5.41) is 8.76. The first kappa shape index (κ1) is 14.3. The molecule has 1 N–H and O–H groups in total. The molecule has 0 aromatic rings. The molecule has 0 saturated carbocycles. The highest BCUT2D eigenvalue weighted by molar-refractivity contribution is 5.80. The molecule has 0 heterocycles. The first-order chi connectivity index (χ1) is 7.20. The summed E-state index contributed by atoms with van der Waals surface area (Å²) in [5.41, 5.74) is -0.557. The van der Waals surface area contributed by atoms with Crippen LogP contribution in [0.1, 0.15) is 20.8 Å². The first-order valence-corrected chi connectivity index (χ1v) is 4.88. The van der Waals surface area contributed by atoms with Crippen molar-refractivity contribution in [2.75, 3.05) is 20.1 Å². The van der Waals surface area contributed by atoms with E-state index in [2.05, 4.69) is 5.92 Å². The van der Waals surface area contributed by atoms with Gasteiger partial charge in [-0.1, -0.05) is 5.92 Å². The highest BCUT2D eigenvalue weighted by Gasteiger charge is 2.30. The Morgan fingerprint density at radius 1 is 1.38 bits per heavy atom. The molecule has 0 aliphatic carbocycles. The largest absolute Gasteiger partial charge is 0.480 e. The molecule has 0 bridgehead atoms. The number of carbonyl (C=O) groups excluding carboxylic acids is 1. The topological polar surface area (TPSA) is 60.9 Å². The molecule has 0 atom stereocenters. The van der Waals surface area contributed by atoms with Gasteiger partial charge in [-0.2, -0.15) is 0 Å². The highest BCUT2D eigenvalue weighted by atomic mass is 16.4. The van der Waals surface area contributed by atoms with Gasteiger partial charge in [-0.25, -0.2) is 4.79 Å². The Bertz CT molecular complexity index is 312. The minimum Gasteiger partial charge on any atom is -0.480 e. The molecule has 0 fully saturated rings. The maximum Gasteiger partial charge on any atom is 0.323 e. The third-order valence-corrected chi connectivity index (χ3v) is 1.99. The van der Waals surface area contributed by atoms with Crippen molar-refractivity contribution in [1.29, 1.82) is 0 Å². The summed E-state index contributed by atoms with van der Waals surface area (Å²) in [7, 11) is 1.54. The molecule has 0 aliphatic heterocycles. The summed E-state index contributed by atoms with van der Waals surface area (Å²) in [6.07, 6.45) is 5.10. The summed E-state index contributed by atoms with van der Waals surface area (Å²) < 4.78 is 0. The van der Waals surface area contributed by atoms with E-state index < -0.39 is 11.5 Å². The van der Waals surface area contributed by atoms with E-state index in [9.17, 15) is 9.59 Å². The number of urea groups is 1. The quantitative estimate of drug-likeness (QED) is 0.726. The molecule has 5 nitrogen and oxygen atoms in total. The number of hydrogen-bond acceptors (Lipinski definition) is 2. The van der Waals surface area contributed by atoms with Crippen LogP contribution in [-0.2, 0) is 4.79 Å². The number of carbonyl (C=O) groups is 2. The molecule has 0 rings (SSSR count). The number of amides is 2. The minimum absolute atomic E-state index is 0.158. The number of hydrogen-bond donors (Lipinski definition) is 1. The first-order valence-electron chi connectivity index (χ1n) is 4.88. The molecule has 0 aliphatic rings. The molecule has 0 aromatic heterocycles. The number of terminal acetylenes is 1. The zero-order valence-corrected chi connectivity index (χ0v) is 10.1. The van der Waals surface area contributed by atoms with E-state index in [1.807, 2.05) is 0 Å². The van der Waals surface area contributed by atoms with Crippen molar-refractivity contribution in [2.24, 2.45) is 0 Å². The van der Waals surface area contributed by atoms with Gasteiger partial charge in [-0.3, -0.25) is 4.79 Å². The average molecular weight is 226 g/mol. The van der Waals surface area contributed by atoms with E-state index in [0.717, 1.165) is 0 Å². The summed E-state index contributed by atoms with van der Waals surface area (Å²) in [4.78, 5) is 25.2. The van der Waals surface area contributed by atoms with Crippen LogP contribution in [0.15, 0.2) is 0 Å². The van der Waals surface area contributed by atoms with Crippen molar-refractivity contribution in [1.82, 2.24) is 9.80 Å². The normalized spacial score (nSPS) is 10.4. The van der Waals surface area contributed by atoms with Crippen LogP contribution >= 0.6 is 0 Å². The fraction of sp³-hybridized carbons (Fsp3) is 0.636. The van der Waals surface area contributed by atoms with Crippen LogP contribution in [-0.4, -0.2) is 52.6 Å². The molecular formula is C11H18N2O3. The Labute approximate surface area is 96.0 Å². The molecule has 16 heavy (non-hydrogen) atoms. The molecule has 0 unspecified atom stereocenters. The Morgan fingerprint density at radius 3 is 2.19 bits per heavy atom. The van der Waals surface area contributed by atoms with E-state index in [4.69, 9.17) is 11.5 Å². The van der Waals surface area contributed by atoms with Crippen LogP contribution in [0.2, 0.25) is 0 Å². The van der Waals surface area contributed by atoms with Crippen LogP contribution < -0.4 is 0 Å². The van der Waals surface area contributed by atoms with Gasteiger partial charge >= 0.3 is 12.0 Å². The Hall–Kier alpha value is -1.70. The van der Waals surface area contributed by atoms with Crippen LogP contribution in [0.4, 0.5) is 4.79 Å². The van der Waals surface area contributed by atoms with Crippen LogP contribution in [0, 0.1) is 12.3 Å². The smallest absolute Gasteiger partial charge is 0.323 e. The number of carboxylic acids is 1. The van der Waals surface area contributed by atoms with Crippen molar-refractivity contribution in [3.05, 3.63) is 0 Å². The lowest BCUT2D eigenvalue weighted by molar-refractivity contribution is -0.138. The van der Waals surface area contributed by atoms with Crippen molar-refractivity contribution in [3.8, 4) is 12.3 Å². The van der Waals surface area contributed by atoms with Crippen molar-refractivity contribution in [2.45, 2.75) is 26.3 Å². The zero-order chi connectivity index (χ0) is 12.9. The van der Waals surface area contributed by atoms with E-state index in [1.165, 1.54) is 9.80 Å². The highest BCUT2D eigenvalue weighted by Crippen LogP contribution is 2.14. The van der Waals surface area contributed by atoms with Gasteiger partial charge in [-0.15, -0.1) is 6.42 Å². The average Bonchev–Trinajstić information content (AvgIpc) is 2.11. The molecular weight excluding hydrogens is 208 g/mol. The van der Waals surface area contributed by atoms with Crippen molar-refractivity contribution in [3.63, 3.8) is 0 Å². The molecule has 0 saturated heterocycles. The third kappa shape index (κ3) is 4.22. The number of rotatable bonds is 3. The lowest BCUT2D eigenvalue weighted by atomic mass is 10.1. The Kier molecular flexibility index (Phi) is 4.83. The van der Waals surface area contributed by atoms with Crippen LogP contribution in [0.3, 0.4) is 0 Å². The molecule has 0 spiro atoms. The van der Waals surface area contributed by atoms with Crippen LogP contribution in [0.25, 0.3) is 0 Å². The van der Waals surface area contributed by atoms with Gasteiger partial charge in [0.15, 0.2) is 0 Å². The number of aliphatic carboxylic acids is 1. The van der Waals surface area contributed by atoms with Gasteiger partial charge < -0.3 is 14.9 Å². The van der Waals surface area contributed by atoms with E-state index in [0.29, 0.717) is 0 Å². The van der Waals surface area contributed by atoms with E-state index in [-0.39, 0.29) is 19.1 Å². The summed E-state index contributed by atoms with van der Waals surface area (Å²) in [6, 6.07) is -0.382. The molecule has 0 aromatic carbocycles. The monoisotopic (exact) mass is 226 g/mol. The molecule has 0 radical (unpaired) electrons. The summed E-state index contributed by atoms with van der Waals surface area (Å²) in [5.74, 6) is 1.29. The molecule has 2 amide bonds. The minimum atomic E-state index is -1.04. The standard InChI is InChI=1S/C11H18N2O3/c1-6-7-12(5)10(16)13(8-9(14)15)11(2,3)4/h1H,7-8H2,2-5H3,(H,14,15). The maximum absolute atomic E-state index is 11.9. The van der Waals surface area contributed by atoms with Gasteiger partial charge in [-0.05, 0) is 20.8 Å². The fourth-order valence-electron chi connectivity index (χ4n) is 1.14. The maximum atomic E-state index is 11.9. The number of carboxylic acid groups (broad SMARTS) is 1. The van der Waals surface area contributed by atoms with Crippen molar-refractivity contribution < 1.29 is 14.7 Å². The van der Waals surface area contributed by atoms with Gasteiger partial charge in [0.2, 0.25) is 0 Å². The SMILES string of the molecule is C#CCN(C)C(=O)N(CC(=O)O)C(C)(C)C. The summed E-state index contributed by atoms with van der Waals surface area (Å²) in [6.45, 7) is 5.15. The lowest BCUT2D eigenvalue weighted by Gasteiger charge is -2.36. The second kappa shape index (κ2) is 5.40. The predicted octanol–water partition coefficient (Wildman–Crippen LogP) is 0.856. The lowest BCUT2D eigenvalue weighted by Crippen LogP contribution is -2.52. The number of nitrogens with zero attached hydrogens (tertiary/aromatic N) is 2. The van der Waals surface area contributed by atoms with E-state index >= 15 is 0 Å². The molecule has 90 valence electrons. The molecule has 5 heteroatoms. The van der Waals surface area contributed by atoms with Gasteiger partial charge in [0.1, 0.15) is 6.54 Å². The second-order valence-corrected chi connectivity index (χ2v) is 4.49. The van der Waals surface area contributed by atoms with Gasteiger partial charge in [0.25, 0.3) is 0 Å². The fourth-order valence-corrected chi connectivity index (χ4v) is 1.14. The third-order valence-electron chi connectivity index (χ3n) is 1.99. The Balaban J connectivity index is 4.85. The van der Waals surface area contributed by atoms with Gasteiger partial charge in [0.05, 0.1) is 6.54 Å². The van der Waals surface area contributed by atoms with Crippen molar-refractivity contribution >= 4 is 12.0 Å². The second-order valence-electron chi connectivity index (χ2n) is 4.49. The van der Waals surface area contributed by atoms with Crippen LogP contribution in [0.5, 0.6) is 0 Å². The van der Waals surface area contributed by atoms with E-state index in [1.54, 1.807) is 27.8 Å². The predicted molar refractivity (Wildman–Crippen MR) is 61.0 cm³/mol. The zero-order valence-electron chi connectivity index (χ0n) is 10.1. The Morgan fingerprint density at radius 2 is 1.88 bits per heavy atom.